The molecule has 0 atom stereocenters. The molecule has 0 spiro atoms. The molecule has 0 saturated carbocycles. The van der Waals surface area contributed by atoms with Crippen LogP contribution in [0.5, 0.6) is 11.5 Å². The molecule has 0 aliphatic heterocycles. The van der Waals surface area contributed by atoms with Gasteiger partial charge in [-0.15, -0.1) is 0 Å². The van der Waals surface area contributed by atoms with E-state index in [2.05, 4.69) is 20.4 Å². The van der Waals surface area contributed by atoms with Gasteiger partial charge in [0.05, 0.1) is 37.8 Å². The first-order valence-corrected chi connectivity index (χ1v) is 12.6. The monoisotopic (exact) mass is 667 g/mol. The summed E-state index contributed by atoms with van der Waals surface area (Å²) in [6.45, 7) is 0. The second kappa shape index (κ2) is 20.6. The number of halogens is 2. The van der Waals surface area contributed by atoms with E-state index in [0.29, 0.717) is 21.2 Å². The Morgan fingerprint density at radius 3 is 1.14 bits per heavy atom. The summed E-state index contributed by atoms with van der Waals surface area (Å²) in [6.07, 6.45) is 3.17. The SMILES string of the molecule is COc1ccc(C=NN=C([OH2+])c2ccc(Cl)cc2)cc1.COc1ccc(C=NN=C([OH2+])c2ccc(Cl)cc2)cc1.[Mn+2].[OH-].[OH-]. The molecule has 0 aliphatic carbocycles. The van der Waals surface area contributed by atoms with Gasteiger partial charge in [0.2, 0.25) is 0 Å². The van der Waals surface area contributed by atoms with Crippen LogP contribution in [0.2, 0.25) is 10.0 Å². The molecular formula is C30H30Cl2MnN4O6+2. The molecule has 0 unspecified atom stereocenters. The van der Waals surface area contributed by atoms with Crippen LogP contribution in [0.3, 0.4) is 0 Å². The quantitative estimate of drug-likeness (QED) is 0.0810. The molecule has 4 aromatic carbocycles. The fourth-order valence-electron chi connectivity index (χ4n) is 3.02. The summed E-state index contributed by atoms with van der Waals surface area (Å²) < 4.78 is 10.1. The standard InChI is InChI=1S/2C15H13ClN2O2.Mn.2H2O/c2*1-20-14-8-2-11(3-9-14)10-17-18-15(19)12-4-6-13(16)7-5-12;;;/h2*2-10H,1H3,(H,18,19);;2*1H2/q;;+2;;. The smallest absolute Gasteiger partial charge is 0.870 e. The number of nitrogens with zero attached hydrogens (tertiary/aromatic N) is 4. The van der Waals surface area contributed by atoms with Gasteiger partial charge in [0.15, 0.2) is 0 Å². The summed E-state index contributed by atoms with van der Waals surface area (Å²) in [5, 5.41) is 32.3. The first-order valence-electron chi connectivity index (χ1n) is 11.8. The Kier molecular flexibility index (Phi) is 18.6. The van der Waals surface area contributed by atoms with Crippen LogP contribution in [0.1, 0.15) is 22.3 Å². The Hall–Kier alpha value is -4.22. The average Bonchev–Trinajstić information content (AvgIpc) is 2.99. The summed E-state index contributed by atoms with van der Waals surface area (Å²) >= 11 is 11.6. The number of ether oxygens (including phenoxy) is 2. The van der Waals surface area contributed by atoms with E-state index in [1.807, 2.05) is 48.5 Å². The number of hydrogen-bond donors (Lipinski definition) is 0. The Labute approximate surface area is 269 Å². The van der Waals surface area contributed by atoms with Gasteiger partial charge in [0.1, 0.15) is 11.5 Å². The molecule has 0 amide bonds. The summed E-state index contributed by atoms with van der Waals surface area (Å²) in [7, 11) is 3.23. The Balaban J connectivity index is 0.000000767. The Morgan fingerprint density at radius 2 is 0.860 bits per heavy atom. The third-order valence-corrected chi connectivity index (χ3v) is 5.70. The molecule has 0 aromatic heterocycles. The summed E-state index contributed by atoms with van der Waals surface area (Å²) in [6, 6.07) is 28.6. The van der Waals surface area contributed by atoms with Crippen LogP contribution in [-0.4, -0.2) is 59.6 Å². The van der Waals surface area contributed by atoms with Crippen molar-refractivity contribution in [3.8, 4) is 11.5 Å². The molecule has 0 bridgehead atoms. The van der Waals surface area contributed by atoms with E-state index in [0.717, 1.165) is 22.6 Å². The molecule has 225 valence electrons. The van der Waals surface area contributed by atoms with Crippen LogP contribution in [0.25, 0.3) is 0 Å². The van der Waals surface area contributed by atoms with Gasteiger partial charge >= 0.3 is 28.9 Å². The molecular weight excluding hydrogens is 638 g/mol. The molecule has 10 nitrogen and oxygen atoms in total. The van der Waals surface area contributed by atoms with Crippen LogP contribution < -0.4 is 9.47 Å². The van der Waals surface area contributed by atoms with E-state index in [4.69, 9.17) is 42.9 Å². The maximum Gasteiger partial charge on any atom is 2.00 e. The Morgan fingerprint density at radius 1 is 0.558 bits per heavy atom. The van der Waals surface area contributed by atoms with E-state index in [9.17, 15) is 0 Å². The molecule has 6 N–H and O–H groups in total. The summed E-state index contributed by atoms with van der Waals surface area (Å²) in [5.74, 6) is 1.75. The van der Waals surface area contributed by atoms with Crippen molar-refractivity contribution in [1.82, 2.24) is 0 Å². The first kappa shape index (κ1) is 38.8. The normalized spacial score (nSPS) is 11.0. The second-order valence-corrected chi connectivity index (χ2v) is 8.82. The minimum atomic E-state index is 0. The molecule has 4 aromatic rings. The van der Waals surface area contributed by atoms with Gasteiger partial charge in [-0.1, -0.05) is 33.4 Å². The van der Waals surface area contributed by atoms with Gasteiger partial charge in [-0.2, -0.15) is 10.2 Å². The molecule has 0 saturated heterocycles. The molecule has 0 aliphatic rings. The van der Waals surface area contributed by atoms with Crippen LogP contribution >= 0.6 is 23.2 Å². The van der Waals surface area contributed by atoms with Crippen LogP contribution in [0.4, 0.5) is 0 Å². The Bertz CT molecular complexity index is 1370. The zero-order valence-corrected chi connectivity index (χ0v) is 25.7. The van der Waals surface area contributed by atoms with Crippen molar-refractivity contribution in [1.29, 1.82) is 0 Å². The topological polar surface area (TPSA) is 174 Å². The summed E-state index contributed by atoms with van der Waals surface area (Å²) in [5.41, 5.74) is 3.11. The van der Waals surface area contributed by atoms with E-state index < -0.39 is 0 Å². The van der Waals surface area contributed by atoms with Gasteiger partial charge in [-0.25, -0.2) is 0 Å². The fraction of sp³-hybridized carbons (Fsp3) is 0.0667. The van der Waals surface area contributed by atoms with Gasteiger partial charge in [-0.05, 0) is 108 Å². The third-order valence-electron chi connectivity index (χ3n) is 5.20. The van der Waals surface area contributed by atoms with Crippen LogP contribution in [0.15, 0.2) is 117 Å². The minimum absolute atomic E-state index is 0. The van der Waals surface area contributed by atoms with Crippen molar-refractivity contribution in [2.24, 2.45) is 20.4 Å². The van der Waals surface area contributed by atoms with Crippen LogP contribution in [0, 0.1) is 0 Å². The van der Waals surface area contributed by atoms with Gasteiger partial charge < -0.3 is 30.6 Å². The van der Waals surface area contributed by atoms with E-state index in [1.54, 1.807) is 75.2 Å². The number of hydrogen-bond acceptors (Lipinski definition) is 8. The zero-order valence-electron chi connectivity index (χ0n) is 23.0. The maximum absolute atomic E-state index is 7.79. The fourth-order valence-corrected chi connectivity index (χ4v) is 3.27. The maximum atomic E-state index is 7.79. The van der Waals surface area contributed by atoms with Gasteiger partial charge in [0, 0.05) is 10.0 Å². The van der Waals surface area contributed by atoms with Crippen molar-refractivity contribution in [3.63, 3.8) is 0 Å². The van der Waals surface area contributed by atoms with Crippen molar-refractivity contribution < 1.29 is 47.7 Å². The van der Waals surface area contributed by atoms with E-state index >= 15 is 0 Å². The minimum Gasteiger partial charge on any atom is -0.870 e. The predicted octanol–water partition coefficient (Wildman–Crippen LogP) is 5.35. The zero-order chi connectivity index (χ0) is 28.7. The number of methoxy groups -OCH3 is 2. The molecule has 0 fully saturated rings. The van der Waals surface area contributed by atoms with Crippen molar-refractivity contribution in [2.75, 3.05) is 14.2 Å². The van der Waals surface area contributed by atoms with E-state index in [1.165, 1.54) is 0 Å². The van der Waals surface area contributed by atoms with Crippen molar-refractivity contribution >= 4 is 47.4 Å². The van der Waals surface area contributed by atoms with Gasteiger partial charge in [0.25, 0.3) is 0 Å². The molecule has 13 heteroatoms. The molecule has 43 heavy (non-hydrogen) atoms. The molecule has 4 rings (SSSR count). The van der Waals surface area contributed by atoms with Crippen molar-refractivity contribution in [2.45, 2.75) is 0 Å². The van der Waals surface area contributed by atoms with Crippen LogP contribution in [-0.2, 0) is 17.1 Å². The summed E-state index contributed by atoms with van der Waals surface area (Å²) in [4.78, 5) is 0. The third kappa shape index (κ3) is 13.5. The number of benzene rings is 4. The number of rotatable bonds is 8. The average molecular weight is 668 g/mol. The molecule has 0 heterocycles. The first-order chi connectivity index (χ1) is 19.4. The largest absolute Gasteiger partial charge is 2.00 e. The van der Waals surface area contributed by atoms with Crippen molar-refractivity contribution in [3.05, 3.63) is 129 Å². The molecule has 1 radical (unpaired) electrons. The second-order valence-electron chi connectivity index (χ2n) is 7.95. The predicted molar refractivity (Wildman–Crippen MR) is 168 cm³/mol. The van der Waals surface area contributed by atoms with Gasteiger partial charge in [-0.3, -0.25) is 0 Å². The van der Waals surface area contributed by atoms with E-state index in [-0.39, 0.29) is 39.8 Å².